The first-order valence-corrected chi connectivity index (χ1v) is 9.28. The minimum atomic E-state index is -0.537. The highest BCUT2D eigenvalue weighted by molar-refractivity contribution is 6.01. The molecule has 0 atom stereocenters. The van der Waals surface area contributed by atoms with Gasteiger partial charge >= 0.3 is 5.97 Å². The molecule has 1 aromatic heterocycles. The first-order chi connectivity index (χ1) is 13.7. The van der Waals surface area contributed by atoms with Crippen molar-refractivity contribution in [2.45, 2.75) is 26.2 Å². The number of carbonyl (C=O) groups excluding carboxylic acids is 2. The van der Waals surface area contributed by atoms with E-state index < -0.39 is 11.9 Å². The maximum atomic E-state index is 11.9. The second kappa shape index (κ2) is 7.68. The standard InChI is InChI=1S/C22H20N2O4/c1-2-27-20(26)13-19(25)23-16-10-7-15(8-11-16)22-18-12-9-14-5-3-4-6-17(14)21(18)24-28-22/h3-8,10-11H,2,9,12-13H2,1H3,(H,23,25). The van der Waals surface area contributed by atoms with Crippen molar-refractivity contribution in [3.63, 3.8) is 0 Å². The first-order valence-electron chi connectivity index (χ1n) is 9.28. The summed E-state index contributed by atoms with van der Waals surface area (Å²) in [6.45, 7) is 1.96. The number of fused-ring (bicyclic) bond motifs is 3. The number of hydrogen-bond donors (Lipinski definition) is 1. The van der Waals surface area contributed by atoms with Gasteiger partial charge in [0.05, 0.1) is 6.61 Å². The van der Waals surface area contributed by atoms with E-state index in [-0.39, 0.29) is 13.0 Å². The van der Waals surface area contributed by atoms with Crippen LogP contribution in [0.1, 0.15) is 24.5 Å². The molecule has 6 nitrogen and oxygen atoms in total. The van der Waals surface area contributed by atoms with Gasteiger partial charge in [0.15, 0.2) is 5.76 Å². The summed E-state index contributed by atoms with van der Waals surface area (Å²) >= 11 is 0. The minimum absolute atomic E-state index is 0.257. The number of amides is 1. The molecule has 0 unspecified atom stereocenters. The summed E-state index contributed by atoms with van der Waals surface area (Å²) < 4.78 is 10.4. The van der Waals surface area contributed by atoms with Crippen LogP contribution in [0.15, 0.2) is 53.1 Å². The summed E-state index contributed by atoms with van der Waals surface area (Å²) in [6, 6.07) is 15.6. The van der Waals surface area contributed by atoms with Gasteiger partial charge in [-0.2, -0.15) is 0 Å². The zero-order valence-corrected chi connectivity index (χ0v) is 15.5. The van der Waals surface area contributed by atoms with Crippen LogP contribution < -0.4 is 5.32 Å². The number of rotatable bonds is 5. The number of aryl methyl sites for hydroxylation is 1. The molecule has 28 heavy (non-hydrogen) atoms. The summed E-state index contributed by atoms with van der Waals surface area (Å²) in [4.78, 5) is 23.3. The van der Waals surface area contributed by atoms with Gasteiger partial charge in [0.1, 0.15) is 12.1 Å². The smallest absolute Gasteiger partial charge is 0.315 e. The van der Waals surface area contributed by atoms with Crippen LogP contribution in [0.25, 0.3) is 22.6 Å². The number of nitrogens with one attached hydrogen (secondary N) is 1. The van der Waals surface area contributed by atoms with E-state index in [1.54, 1.807) is 19.1 Å². The Bertz CT molecular complexity index is 1020. The third-order valence-corrected chi connectivity index (χ3v) is 4.75. The maximum Gasteiger partial charge on any atom is 0.315 e. The van der Waals surface area contributed by atoms with Crippen molar-refractivity contribution in [2.24, 2.45) is 0 Å². The van der Waals surface area contributed by atoms with E-state index >= 15 is 0 Å². The molecule has 2 aromatic carbocycles. The molecule has 1 aliphatic rings. The normalized spacial score (nSPS) is 12.0. The number of benzene rings is 2. The van der Waals surface area contributed by atoms with Gasteiger partial charge in [-0.25, -0.2) is 0 Å². The van der Waals surface area contributed by atoms with Crippen molar-refractivity contribution in [2.75, 3.05) is 11.9 Å². The van der Waals surface area contributed by atoms with Crippen LogP contribution >= 0.6 is 0 Å². The van der Waals surface area contributed by atoms with Crippen LogP contribution in [0, 0.1) is 0 Å². The number of esters is 1. The summed E-state index contributed by atoms with van der Waals surface area (Å²) in [5, 5.41) is 6.99. The molecule has 1 N–H and O–H groups in total. The van der Waals surface area contributed by atoms with E-state index in [1.807, 2.05) is 24.3 Å². The summed E-state index contributed by atoms with van der Waals surface area (Å²) in [6.07, 6.45) is 1.53. The zero-order valence-electron chi connectivity index (χ0n) is 15.5. The van der Waals surface area contributed by atoms with Gasteiger partial charge in [0.25, 0.3) is 0 Å². The molecule has 0 aliphatic heterocycles. The predicted molar refractivity (Wildman–Crippen MR) is 105 cm³/mol. The van der Waals surface area contributed by atoms with Crippen molar-refractivity contribution in [1.29, 1.82) is 0 Å². The lowest BCUT2D eigenvalue weighted by atomic mass is 9.88. The number of carbonyl (C=O) groups is 2. The first kappa shape index (κ1) is 18.0. The molecular formula is C22H20N2O4. The third-order valence-electron chi connectivity index (χ3n) is 4.75. The molecular weight excluding hydrogens is 356 g/mol. The molecule has 3 aromatic rings. The summed E-state index contributed by atoms with van der Waals surface area (Å²) in [5.74, 6) is -0.182. The van der Waals surface area contributed by atoms with Crippen LogP contribution in [0.2, 0.25) is 0 Å². The molecule has 0 spiro atoms. The zero-order chi connectivity index (χ0) is 19.5. The highest BCUT2D eigenvalue weighted by atomic mass is 16.5. The molecule has 1 aliphatic carbocycles. The topological polar surface area (TPSA) is 81.4 Å². The Kier molecular flexibility index (Phi) is 4.93. The Morgan fingerprint density at radius 1 is 1.11 bits per heavy atom. The van der Waals surface area contributed by atoms with Gasteiger partial charge in [-0.05, 0) is 49.6 Å². The molecule has 1 amide bonds. The van der Waals surface area contributed by atoms with Gasteiger partial charge in [0.2, 0.25) is 5.91 Å². The molecule has 0 saturated carbocycles. The Morgan fingerprint density at radius 3 is 2.68 bits per heavy atom. The van der Waals surface area contributed by atoms with E-state index in [4.69, 9.17) is 9.26 Å². The molecule has 142 valence electrons. The molecule has 0 radical (unpaired) electrons. The van der Waals surface area contributed by atoms with Gasteiger partial charge < -0.3 is 14.6 Å². The molecule has 4 rings (SSSR count). The Hall–Kier alpha value is -3.41. The van der Waals surface area contributed by atoms with Crippen LogP contribution in [-0.2, 0) is 27.2 Å². The number of anilines is 1. The van der Waals surface area contributed by atoms with E-state index in [2.05, 4.69) is 22.6 Å². The van der Waals surface area contributed by atoms with Crippen LogP contribution in [-0.4, -0.2) is 23.6 Å². The average Bonchev–Trinajstić information content (AvgIpc) is 3.13. The van der Waals surface area contributed by atoms with Crippen LogP contribution in [0.3, 0.4) is 0 Å². The fraction of sp³-hybridized carbons (Fsp3) is 0.227. The van der Waals surface area contributed by atoms with Crippen molar-refractivity contribution in [3.05, 3.63) is 59.7 Å². The molecule has 6 heteroatoms. The Morgan fingerprint density at radius 2 is 1.89 bits per heavy atom. The fourth-order valence-corrected chi connectivity index (χ4v) is 3.46. The van der Waals surface area contributed by atoms with Crippen molar-refractivity contribution >= 4 is 17.6 Å². The number of nitrogens with zero attached hydrogens (tertiary/aromatic N) is 1. The second-order valence-corrected chi connectivity index (χ2v) is 6.60. The van der Waals surface area contributed by atoms with Gasteiger partial charge in [0, 0.05) is 22.4 Å². The lowest BCUT2D eigenvalue weighted by Crippen LogP contribution is -2.18. The van der Waals surface area contributed by atoms with E-state index in [0.29, 0.717) is 5.69 Å². The van der Waals surface area contributed by atoms with Crippen LogP contribution in [0.4, 0.5) is 5.69 Å². The lowest BCUT2D eigenvalue weighted by molar-refractivity contribution is -0.145. The van der Waals surface area contributed by atoms with Gasteiger partial charge in [-0.3, -0.25) is 9.59 Å². The van der Waals surface area contributed by atoms with E-state index in [9.17, 15) is 9.59 Å². The van der Waals surface area contributed by atoms with Crippen molar-refractivity contribution < 1.29 is 18.8 Å². The molecule has 1 heterocycles. The van der Waals surface area contributed by atoms with E-state index in [0.717, 1.165) is 41.0 Å². The maximum absolute atomic E-state index is 11.9. The van der Waals surface area contributed by atoms with Crippen molar-refractivity contribution in [3.8, 4) is 22.6 Å². The second-order valence-electron chi connectivity index (χ2n) is 6.60. The van der Waals surface area contributed by atoms with Crippen LogP contribution in [0.5, 0.6) is 0 Å². The number of ether oxygens (including phenoxy) is 1. The highest BCUT2D eigenvalue weighted by Crippen LogP contribution is 2.38. The SMILES string of the molecule is CCOC(=O)CC(=O)Nc1ccc(-c2onc3c2CCc2ccccc2-3)cc1. The molecule has 0 saturated heterocycles. The average molecular weight is 376 g/mol. The number of aromatic nitrogens is 1. The quantitative estimate of drug-likeness (QED) is 0.538. The predicted octanol–water partition coefficient (Wildman–Crippen LogP) is 4.00. The lowest BCUT2D eigenvalue weighted by Gasteiger charge is -2.14. The number of hydrogen-bond acceptors (Lipinski definition) is 5. The summed E-state index contributed by atoms with van der Waals surface area (Å²) in [5.41, 5.74) is 5.94. The monoisotopic (exact) mass is 376 g/mol. The molecule has 0 fully saturated rings. The van der Waals surface area contributed by atoms with E-state index in [1.165, 1.54) is 5.56 Å². The highest BCUT2D eigenvalue weighted by Gasteiger charge is 2.24. The fourth-order valence-electron chi connectivity index (χ4n) is 3.46. The summed E-state index contributed by atoms with van der Waals surface area (Å²) in [7, 11) is 0. The third kappa shape index (κ3) is 3.53. The largest absolute Gasteiger partial charge is 0.466 e. The Labute approximate surface area is 162 Å². The van der Waals surface area contributed by atoms with Gasteiger partial charge in [-0.15, -0.1) is 0 Å². The van der Waals surface area contributed by atoms with Gasteiger partial charge in [-0.1, -0.05) is 29.4 Å². The molecule has 0 bridgehead atoms. The van der Waals surface area contributed by atoms with Crippen molar-refractivity contribution in [1.82, 2.24) is 5.16 Å². The minimum Gasteiger partial charge on any atom is -0.466 e. The Balaban J connectivity index is 1.51.